The van der Waals surface area contributed by atoms with Gasteiger partial charge < -0.3 is 19.6 Å². The van der Waals surface area contributed by atoms with Gasteiger partial charge >= 0.3 is 12.1 Å². The summed E-state index contributed by atoms with van der Waals surface area (Å²) in [5, 5.41) is 0. The maximum Gasteiger partial charge on any atom is 0.320 e. The zero-order valence-corrected chi connectivity index (χ0v) is 12.0. The Morgan fingerprint density at radius 3 is 1.74 bits per heavy atom. The minimum absolute atomic E-state index is 0.0325. The minimum Gasteiger partial charge on any atom is -0.331 e. The summed E-state index contributed by atoms with van der Waals surface area (Å²) < 4.78 is 0. The Bertz CT molecular complexity index is 332. The molecule has 0 atom stereocenters. The number of amides is 4. The lowest BCUT2D eigenvalue weighted by Crippen LogP contribution is -2.56. The van der Waals surface area contributed by atoms with Crippen molar-refractivity contribution < 1.29 is 9.59 Å². The van der Waals surface area contributed by atoms with Gasteiger partial charge in [0.05, 0.1) is 0 Å². The van der Waals surface area contributed by atoms with Gasteiger partial charge in [0.2, 0.25) is 0 Å². The zero-order valence-electron chi connectivity index (χ0n) is 12.0. The summed E-state index contributed by atoms with van der Waals surface area (Å²) in [6, 6.07) is 0.182. The van der Waals surface area contributed by atoms with Crippen molar-refractivity contribution in [2.75, 3.05) is 53.4 Å². The van der Waals surface area contributed by atoms with Crippen LogP contribution in [0.25, 0.3) is 0 Å². The molecule has 0 aromatic rings. The summed E-state index contributed by atoms with van der Waals surface area (Å²) in [4.78, 5) is 31.3. The molecule has 2 saturated heterocycles. The second-order valence-electron chi connectivity index (χ2n) is 5.48. The van der Waals surface area contributed by atoms with Crippen LogP contribution >= 0.6 is 0 Å². The first-order chi connectivity index (χ1) is 9.09. The lowest BCUT2D eigenvalue weighted by atomic mass is 10.1. The average Bonchev–Trinajstić information content (AvgIpc) is 2.46. The number of hydrogen-bond acceptors (Lipinski definition) is 2. The fourth-order valence-electron chi connectivity index (χ4n) is 2.66. The molecule has 108 valence electrons. The minimum atomic E-state index is 0.0325. The van der Waals surface area contributed by atoms with Crippen LogP contribution in [0.4, 0.5) is 9.59 Å². The monoisotopic (exact) mass is 268 g/mol. The smallest absolute Gasteiger partial charge is 0.320 e. The Kier molecular flexibility index (Phi) is 4.50. The molecular formula is C13H24N4O2. The van der Waals surface area contributed by atoms with Crippen molar-refractivity contribution in [2.45, 2.75) is 19.3 Å². The SMILES string of the molecule is CN(C)C(=O)N1CCN(C(=O)N2CCCCC2)CC1. The zero-order chi connectivity index (χ0) is 13.8. The number of likely N-dealkylation sites (tertiary alicyclic amines) is 1. The van der Waals surface area contributed by atoms with Gasteiger partial charge in [-0.15, -0.1) is 0 Å². The van der Waals surface area contributed by atoms with Crippen molar-refractivity contribution in [3.8, 4) is 0 Å². The highest BCUT2D eigenvalue weighted by Crippen LogP contribution is 2.13. The summed E-state index contributed by atoms with van der Waals surface area (Å²) in [6.45, 7) is 4.34. The first kappa shape index (κ1) is 14.0. The second-order valence-corrected chi connectivity index (χ2v) is 5.48. The van der Waals surface area contributed by atoms with Crippen LogP contribution in [0, 0.1) is 0 Å². The largest absolute Gasteiger partial charge is 0.331 e. The predicted molar refractivity (Wildman–Crippen MR) is 73.0 cm³/mol. The molecule has 0 aromatic carbocycles. The number of urea groups is 2. The topological polar surface area (TPSA) is 47.1 Å². The molecule has 2 heterocycles. The number of hydrogen-bond donors (Lipinski definition) is 0. The summed E-state index contributed by atoms with van der Waals surface area (Å²) in [7, 11) is 3.52. The van der Waals surface area contributed by atoms with Crippen LogP contribution in [0.3, 0.4) is 0 Å². The van der Waals surface area contributed by atoms with Gasteiger partial charge in [0.1, 0.15) is 0 Å². The van der Waals surface area contributed by atoms with E-state index in [0.29, 0.717) is 26.2 Å². The van der Waals surface area contributed by atoms with Crippen molar-refractivity contribution in [2.24, 2.45) is 0 Å². The standard InChI is InChI=1S/C13H24N4O2/c1-14(2)12(18)16-8-10-17(11-9-16)13(19)15-6-4-3-5-7-15/h3-11H2,1-2H3. The molecule has 6 nitrogen and oxygen atoms in total. The lowest BCUT2D eigenvalue weighted by molar-refractivity contribution is 0.106. The fourth-order valence-corrected chi connectivity index (χ4v) is 2.66. The Balaban J connectivity index is 1.82. The van der Waals surface area contributed by atoms with E-state index in [2.05, 4.69) is 0 Å². The van der Waals surface area contributed by atoms with Crippen molar-refractivity contribution >= 4 is 12.1 Å². The number of rotatable bonds is 0. The Morgan fingerprint density at radius 2 is 1.21 bits per heavy atom. The van der Waals surface area contributed by atoms with E-state index in [4.69, 9.17) is 0 Å². The summed E-state index contributed by atoms with van der Waals surface area (Å²) in [6.07, 6.45) is 3.46. The first-order valence-electron chi connectivity index (χ1n) is 7.09. The highest BCUT2D eigenvalue weighted by Gasteiger charge is 2.28. The average molecular weight is 268 g/mol. The molecule has 2 fully saturated rings. The van der Waals surface area contributed by atoms with E-state index in [1.54, 1.807) is 23.9 Å². The van der Waals surface area contributed by atoms with Crippen LogP contribution in [-0.2, 0) is 0 Å². The van der Waals surface area contributed by atoms with Crippen molar-refractivity contribution in [1.29, 1.82) is 0 Å². The van der Waals surface area contributed by atoms with Gasteiger partial charge in [-0.05, 0) is 19.3 Å². The van der Waals surface area contributed by atoms with Crippen LogP contribution in [-0.4, -0.2) is 85.0 Å². The van der Waals surface area contributed by atoms with E-state index < -0.39 is 0 Å². The van der Waals surface area contributed by atoms with Gasteiger partial charge in [-0.2, -0.15) is 0 Å². The van der Waals surface area contributed by atoms with Crippen molar-refractivity contribution in [3.05, 3.63) is 0 Å². The molecule has 0 aromatic heterocycles. The Hall–Kier alpha value is -1.46. The van der Waals surface area contributed by atoms with E-state index in [0.717, 1.165) is 25.9 Å². The molecule has 0 N–H and O–H groups in total. The normalized spacial score (nSPS) is 20.4. The molecule has 6 heteroatoms. The van der Waals surface area contributed by atoms with E-state index in [9.17, 15) is 9.59 Å². The summed E-state index contributed by atoms with van der Waals surface area (Å²) >= 11 is 0. The highest BCUT2D eigenvalue weighted by molar-refractivity contribution is 5.76. The van der Waals surface area contributed by atoms with E-state index >= 15 is 0 Å². The lowest BCUT2D eigenvalue weighted by Gasteiger charge is -2.39. The molecule has 19 heavy (non-hydrogen) atoms. The van der Waals surface area contributed by atoms with Crippen molar-refractivity contribution in [1.82, 2.24) is 19.6 Å². The number of carbonyl (C=O) groups is 2. The quantitative estimate of drug-likeness (QED) is 0.655. The van der Waals surface area contributed by atoms with Crippen LogP contribution in [0.2, 0.25) is 0 Å². The molecule has 0 radical (unpaired) electrons. The molecule has 0 saturated carbocycles. The van der Waals surface area contributed by atoms with Gasteiger partial charge in [-0.1, -0.05) is 0 Å². The van der Waals surface area contributed by atoms with E-state index in [1.807, 2.05) is 9.80 Å². The molecule has 0 spiro atoms. The van der Waals surface area contributed by atoms with Crippen LogP contribution in [0.1, 0.15) is 19.3 Å². The molecule has 0 bridgehead atoms. The van der Waals surface area contributed by atoms with Gasteiger partial charge in [-0.3, -0.25) is 0 Å². The summed E-state index contributed by atoms with van der Waals surface area (Å²) in [5.74, 6) is 0. The van der Waals surface area contributed by atoms with E-state index in [-0.39, 0.29) is 12.1 Å². The third-order valence-electron chi connectivity index (χ3n) is 3.83. The van der Waals surface area contributed by atoms with Gasteiger partial charge in [-0.25, -0.2) is 9.59 Å². The Morgan fingerprint density at radius 1 is 0.737 bits per heavy atom. The molecule has 4 amide bonds. The number of piperazine rings is 1. The van der Waals surface area contributed by atoms with E-state index in [1.165, 1.54) is 6.42 Å². The molecule has 2 aliphatic heterocycles. The third-order valence-corrected chi connectivity index (χ3v) is 3.83. The molecule has 2 rings (SSSR count). The number of nitrogens with zero attached hydrogens (tertiary/aromatic N) is 4. The molecular weight excluding hydrogens is 244 g/mol. The maximum atomic E-state index is 12.3. The van der Waals surface area contributed by atoms with Crippen LogP contribution in [0.15, 0.2) is 0 Å². The van der Waals surface area contributed by atoms with Gasteiger partial charge in [0, 0.05) is 53.4 Å². The number of carbonyl (C=O) groups excluding carboxylic acids is 2. The summed E-state index contributed by atoms with van der Waals surface area (Å²) in [5.41, 5.74) is 0. The molecule has 0 unspecified atom stereocenters. The van der Waals surface area contributed by atoms with Gasteiger partial charge in [0.25, 0.3) is 0 Å². The first-order valence-corrected chi connectivity index (χ1v) is 7.09. The van der Waals surface area contributed by atoms with Crippen LogP contribution < -0.4 is 0 Å². The van der Waals surface area contributed by atoms with Gasteiger partial charge in [0.15, 0.2) is 0 Å². The van der Waals surface area contributed by atoms with Crippen molar-refractivity contribution in [3.63, 3.8) is 0 Å². The molecule has 2 aliphatic rings. The van der Waals surface area contributed by atoms with Crippen LogP contribution in [0.5, 0.6) is 0 Å². The predicted octanol–water partition coefficient (Wildman–Crippen LogP) is 0.891. The highest BCUT2D eigenvalue weighted by atomic mass is 16.2. The fraction of sp³-hybridized carbons (Fsp3) is 0.846. The number of piperidine rings is 1. The maximum absolute atomic E-state index is 12.3. The Labute approximate surface area is 114 Å². The molecule has 0 aliphatic carbocycles. The third kappa shape index (κ3) is 3.30. The second kappa shape index (κ2) is 6.12.